The molecule has 0 bridgehead atoms. The van der Waals surface area contributed by atoms with Crippen LogP contribution in [-0.2, 0) is 9.59 Å². The number of hydrogen-bond acceptors (Lipinski definition) is 6. The summed E-state index contributed by atoms with van der Waals surface area (Å²) >= 11 is 1.39. The van der Waals surface area contributed by atoms with Crippen LogP contribution in [0.2, 0.25) is 0 Å². The highest BCUT2D eigenvalue weighted by Crippen LogP contribution is 2.43. The molecule has 1 saturated heterocycles. The number of benzene rings is 2. The van der Waals surface area contributed by atoms with Gasteiger partial charge in [0.05, 0.1) is 23.8 Å². The normalized spacial score (nSPS) is 17.4. The number of carbonyl (C=O) groups excluding carboxylic acids is 2. The van der Waals surface area contributed by atoms with Gasteiger partial charge in [-0.3, -0.25) is 14.5 Å². The highest BCUT2D eigenvalue weighted by molar-refractivity contribution is 7.10. The lowest BCUT2D eigenvalue weighted by Crippen LogP contribution is -2.29. The number of rotatable bonds is 6. The molecule has 1 aromatic heterocycles. The minimum atomic E-state index is -0.775. The van der Waals surface area contributed by atoms with E-state index < -0.39 is 17.7 Å². The van der Waals surface area contributed by atoms with Gasteiger partial charge in [0.1, 0.15) is 17.6 Å². The molecule has 6 nitrogen and oxygen atoms in total. The van der Waals surface area contributed by atoms with Crippen LogP contribution in [0.5, 0.6) is 5.75 Å². The van der Waals surface area contributed by atoms with Gasteiger partial charge in [-0.25, -0.2) is 0 Å². The van der Waals surface area contributed by atoms with Crippen LogP contribution in [0.3, 0.4) is 0 Å². The van der Waals surface area contributed by atoms with E-state index in [0.717, 1.165) is 11.3 Å². The van der Waals surface area contributed by atoms with E-state index >= 15 is 0 Å². The molecular formula is C25H20N2O4S. The van der Waals surface area contributed by atoms with Gasteiger partial charge in [-0.15, -0.1) is 11.3 Å². The fraction of sp³-hybridized carbons (Fsp3) is 0.160. The molecule has 4 rings (SSSR count). The van der Waals surface area contributed by atoms with Gasteiger partial charge in [0.15, 0.2) is 0 Å². The molecule has 1 aliphatic heterocycles. The fourth-order valence-electron chi connectivity index (χ4n) is 3.62. The van der Waals surface area contributed by atoms with E-state index in [9.17, 15) is 14.7 Å². The van der Waals surface area contributed by atoms with Crippen molar-refractivity contribution in [2.45, 2.75) is 19.4 Å². The molecule has 0 aliphatic carbocycles. The molecule has 2 heterocycles. The number of hydrogen-bond donors (Lipinski definition) is 1. The summed E-state index contributed by atoms with van der Waals surface area (Å²) in [6, 6.07) is 18.2. The third kappa shape index (κ3) is 3.88. The molecule has 1 amide bonds. The molecule has 1 N–H and O–H groups in total. The van der Waals surface area contributed by atoms with Crippen molar-refractivity contribution >= 4 is 34.5 Å². The molecule has 1 fully saturated rings. The van der Waals surface area contributed by atoms with Crippen molar-refractivity contribution in [1.82, 2.24) is 0 Å². The Morgan fingerprint density at radius 1 is 1.16 bits per heavy atom. The lowest BCUT2D eigenvalue weighted by atomic mass is 9.99. The summed E-state index contributed by atoms with van der Waals surface area (Å²) in [6.45, 7) is 2.53. The van der Waals surface area contributed by atoms with Gasteiger partial charge in [-0.1, -0.05) is 25.1 Å². The summed E-state index contributed by atoms with van der Waals surface area (Å²) in [6.07, 6.45) is 0.838. The van der Waals surface area contributed by atoms with E-state index in [-0.39, 0.29) is 11.3 Å². The molecule has 0 spiro atoms. The van der Waals surface area contributed by atoms with E-state index in [1.165, 1.54) is 16.2 Å². The summed E-state index contributed by atoms with van der Waals surface area (Å²) in [5, 5.41) is 22.1. The number of nitriles is 1. The molecule has 1 atom stereocenters. The van der Waals surface area contributed by atoms with Crippen LogP contribution in [-0.4, -0.2) is 23.4 Å². The predicted octanol–water partition coefficient (Wildman–Crippen LogP) is 5.03. The molecular weight excluding hydrogens is 424 g/mol. The largest absolute Gasteiger partial charge is 0.507 e. The average Bonchev–Trinajstić information content (AvgIpc) is 3.44. The van der Waals surface area contributed by atoms with E-state index in [2.05, 4.69) is 0 Å². The zero-order valence-corrected chi connectivity index (χ0v) is 18.1. The van der Waals surface area contributed by atoms with E-state index in [0.29, 0.717) is 29.2 Å². The second kappa shape index (κ2) is 9.08. The number of aliphatic hydroxyl groups excluding tert-OH is 1. The van der Waals surface area contributed by atoms with Gasteiger partial charge in [0.2, 0.25) is 0 Å². The fourth-order valence-corrected chi connectivity index (χ4v) is 4.44. The van der Waals surface area contributed by atoms with Crippen molar-refractivity contribution in [1.29, 1.82) is 5.26 Å². The molecule has 160 valence electrons. The zero-order valence-electron chi connectivity index (χ0n) is 17.3. The molecule has 1 aliphatic rings. The van der Waals surface area contributed by atoms with Crippen LogP contribution >= 0.6 is 11.3 Å². The van der Waals surface area contributed by atoms with Crippen LogP contribution in [0.15, 0.2) is 71.6 Å². The Kier molecular flexibility index (Phi) is 6.06. The van der Waals surface area contributed by atoms with Gasteiger partial charge >= 0.3 is 0 Å². The first-order valence-electron chi connectivity index (χ1n) is 10.1. The number of anilines is 1. The monoisotopic (exact) mass is 444 g/mol. The average molecular weight is 445 g/mol. The minimum absolute atomic E-state index is 0.0226. The van der Waals surface area contributed by atoms with Crippen molar-refractivity contribution in [3.63, 3.8) is 0 Å². The summed E-state index contributed by atoms with van der Waals surface area (Å²) in [4.78, 5) is 28.3. The number of amides is 1. The molecule has 1 unspecified atom stereocenters. The van der Waals surface area contributed by atoms with Crippen LogP contribution in [0.25, 0.3) is 5.76 Å². The van der Waals surface area contributed by atoms with Gasteiger partial charge in [-0.2, -0.15) is 5.26 Å². The molecule has 32 heavy (non-hydrogen) atoms. The van der Waals surface area contributed by atoms with E-state index in [1.807, 2.05) is 30.5 Å². The van der Waals surface area contributed by atoms with Gasteiger partial charge in [-0.05, 0) is 54.3 Å². The summed E-state index contributed by atoms with van der Waals surface area (Å²) < 4.78 is 5.65. The third-order valence-electron chi connectivity index (χ3n) is 5.11. The topological polar surface area (TPSA) is 90.6 Å². The van der Waals surface area contributed by atoms with Crippen molar-refractivity contribution in [2.24, 2.45) is 0 Å². The quantitative estimate of drug-likeness (QED) is 0.327. The molecule has 0 saturated carbocycles. The maximum atomic E-state index is 13.1. The molecule has 7 heteroatoms. The smallest absolute Gasteiger partial charge is 0.300 e. The van der Waals surface area contributed by atoms with Crippen LogP contribution in [0, 0.1) is 11.3 Å². The second-order valence-corrected chi connectivity index (χ2v) is 8.20. The SMILES string of the molecule is CCCOc1cccc(/C(O)=C2/C(=O)C(=O)N(c3ccc(C#N)cc3)C2c2cccs2)c1. The first kappa shape index (κ1) is 21.3. The van der Waals surface area contributed by atoms with Gasteiger partial charge < -0.3 is 9.84 Å². The number of ether oxygens (including phenoxy) is 1. The maximum Gasteiger partial charge on any atom is 0.300 e. The lowest BCUT2D eigenvalue weighted by Gasteiger charge is -2.24. The Balaban J connectivity index is 1.84. The number of carbonyl (C=O) groups is 2. The zero-order chi connectivity index (χ0) is 22.7. The number of thiophene rings is 1. The van der Waals surface area contributed by atoms with E-state index in [4.69, 9.17) is 10.00 Å². The van der Waals surface area contributed by atoms with Crippen molar-refractivity contribution in [3.8, 4) is 11.8 Å². The second-order valence-electron chi connectivity index (χ2n) is 7.22. The molecule has 3 aromatic rings. The van der Waals surface area contributed by atoms with Crippen molar-refractivity contribution < 1.29 is 19.4 Å². The first-order valence-corrected chi connectivity index (χ1v) is 11.0. The Morgan fingerprint density at radius 3 is 2.59 bits per heavy atom. The van der Waals surface area contributed by atoms with Gasteiger partial charge in [0.25, 0.3) is 11.7 Å². The number of ketones is 1. The predicted molar refractivity (Wildman–Crippen MR) is 122 cm³/mol. The van der Waals surface area contributed by atoms with Crippen molar-refractivity contribution in [2.75, 3.05) is 11.5 Å². The Bertz CT molecular complexity index is 1220. The molecule has 0 radical (unpaired) electrons. The summed E-state index contributed by atoms with van der Waals surface area (Å²) in [5.41, 5.74) is 1.35. The first-order chi connectivity index (χ1) is 15.5. The highest BCUT2D eigenvalue weighted by Gasteiger charge is 2.47. The Labute approximate surface area is 189 Å². The Hall–Kier alpha value is -3.89. The van der Waals surface area contributed by atoms with Crippen LogP contribution in [0.4, 0.5) is 5.69 Å². The lowest BCUT2D eigenvalue weighted by molar-refractivity contribution is -0.132. The summed E-state index contributed by atoms with van der Waals surface area (Å²) in [5.74, 6) is -1.16. The summed E-state index contributed by atoms with van der Waals surface area (Å²) in [7, 11) is 0. The van der Waals surface area contributed by atoms with Crippen LogP contribution in [0.1, 0.15) is 35.4 Å². The van der Waals surface area contributed by atoms with Crippen LogP contribution < -0.4 is 9.64 Å². The number of nitrogens with zero attached hydrogens (tertiary/aromatic N) is 2. The highest BCUT2D eigenvalue weighted by atomic mass is 32.1. The number of aliphatic hydroxyl groups is 1. The van der Waals surface area contributed by atoms with E-state index in [1.54, 1.807) is 48.5 Å². The third-order valence-corrected chi connectivity index (χ3v) is 6.04. The maximum absolute atomic E-state index is 13.1. The van der Waals surface area contributed by atoms with Gasteiger partial charge in [0, 0.05) is 16.1 Å². The Morgan fingerprint density at radius 2 is 1.94 bits per heavy atom. The number of Topliss-reactive ketones (excluding diaryl/α,β-unsaturated/α-hetero) is 1. The minimum Gasteiger partial charge on any atom is -0.507 e. The molecule has 2 aromatic carbocycles. The standard InChI is InChI=1S/C25H20N2O4S/c1-2-12-31-19-6-3-5-17(14-19)23(28)21-22(20-7-4-13-32-20)27(25(30)24(21)29)18-10-8-16(15-26)9-11-18/h3-11,13-14,22,28H,2,12H2,1H3/b23-21-. The van der Waals surface area contributed by atoms with Crippen molar-refractivity contribution in [3.05, 3.63) is 87.6 Å².